The molecule has 9 heteroatoms. The molecule has 2 atom stereocenters. The second-order valence-electron chi connectivity index (χ2n) is 7.79. The summed E-state index contributed by atoms with van der Waals surface area (Å²) in [6.07, 6.45) is 6.50. The van der Waals surface area contributed by atoms with Crippen LogP contribution in [0.25, 0.3) is 0 Å². The van der Waals surface area contributed by atoms with Crippen LogP contribution in [0.4, 0.5) is 14.6 Å². The number of aryl methyl sites for hydroxylation is 2. The Kier molecular flexibility index (Phi) is 7.73. The fraction of sp³-hybridized carbons (Fsp3) is 0.500. The molecule has 1 amide bonds. The number of carbonyl (C=O) groups is 2. The fourth-order valence-electron chi connectivity index (χ4n) is 3.87. The predicted molar refractivity (Wildman–Crippen MR) is 111 cm³/mol. The van der Waals surface area contributed by atoms with E-state index in [-0.39, 0.29) is 24.3 Å². The minimum atomic E-state index is -0.558. The number of carbonyl (C=O) groups excluding carboxylic acids is 2. The Morgan fingerprint density at radius 3 is 2.90 bits per heavy atom. The van der Waals surface area contributed by atoms with E-state index in [1.807, 2.05) is 6.92 Å². The summed E-state index contributed by atoms with van der Waals surface area (Å²) in [6.45, 7) is 2.39. The summed E-state index contributed by atoms with van der Waals surface area (Å²) in [6, 6.07) is 1.77. The minimum Gasteiger partial charge on any atom is -0.469 e. The number of rotatable bonds is 9. The molecule has 2 unspecified atom stereocenters. The van der Waals surface area contributed by atoms with E-state index in [0.29, 0.717) is 49.2 Å². The Bertz CT molecular complexity index is 931. The quantitative estimate of drug-likeness (QED) is 0.593. The van der Waals surface area contributed by atoms with Crippen LogP contribution in [-0.2, 0) is 33.7 Å². The number of halogens is 2. The number of nitrogens with one attached hydrogen (secondary N) is 2. The van der Waals surface area contributed by atoms with Crippen molar-refractivity contribution in [1.82, 2.24) is 14.9 Å². The van der Waals surface area contributed by atoms with E-state index in [9.17, 15) is 18.4 Å². The Morgan fingerprint density at radius 1 is 1.35 bits per heavy atom. The first-order valence-electron chi connectivity index (χ1n) is 10.5. The van der Waals surface area contributed by atoms with Crippen molar-refractivity contribution < 1.29 is 23.1 Å². The van der Waals surface area contributed by atoms with Crippen molar-refractivity contribution in [3.63, 3.8) is 0 Å². The van der Waals surface area contributed by atoms with Crippen LogP contribution in [0.3, 0.4) is 0 Å². The summed E-state index contributed by atoms with van der Waals surface area (Å²) in [5.74, 6) is -1.23. The van der Waals surface area contributed by atoms with Crippen LogP contribution in [0.2, 0.25) is 0 Å². The molecule has 7 nitrogen and oxygen atoms in total. The molecule has 0 bridgehead atoms. The highest BCUT2D eigenvalue weighted by Crippen LogP contribution is 2.25. The average Bonchev–Trinajstić information content (AvgIpc) is 3.19. The lowest BCUT2D eigenvalue weighted by molar-refractivity contribution is -0.140. The molecule has 1 heterocycles. The van der Waals surface area contributed by atoms with Crippen molar-refractivity contribution in [1.29, 1.82) is 0 Å². The molecular weight excluding hydrogens is 406 g/mol. The van der Waals surface area contributed by atoms with E-state index >= 15 is 0 Å². The summed E-state index contributed by atoms with van der Waals surface area (Å²) in [7, 11) is 1.33. The highest BCUT2D eigenvalue weighted by Gasteiger charge is 2.27. The molecule has 1 aromatic carbocycles. The van der Waals surface area contributed by atoms with Gasteiger partial charge in [0.25, 0.3) is 0 Å². The minimum absolute atomic E-state index is 0.0765. The van der Waals surface area contributed by atoms with Crippen molar-refractivity contribution >= 4 is 17.7 Å². The number of benzene rings is 1. The van der Waals surface area contributed by atoms with Crippen molar-refractivity contribution in [3.05, 3.63) is 47.4 Å². The number of methoxy groups -OCH3 is 1. The number of fused-ring (bicyclic) bond motifs is 1. The van der Waals surface area contributed by atoms with Crippen LogP contribution in [0, 0.1) is 11.6 Å². The molecule has 31 heavy (non-hydrogen) atoms. The molecule has 1 aliphatic carbocycles. The molecule has 168 valence electrons. The van der Waals surface area contributed by atoms with Crippen LogP contribution in [0.5, 0.6) is 0 Å². The lowest BCUT2D eigenvalue weighted by Gasteiger charge is -2.29. The molecule has 3 rings (SSSR count). The number of amides is 1. The van der Waals surface area contributed by atoms with Crippen LogP contribution in [0.15, 0.2) is 24.7 Å². The van der Waals surface area contributed by atoms with Gasteiger partial charge < -0.3 is 19.9 Å². The van der Waals surface area contributed by atoms with E-state index in [2.05, 4.69) is 20.4 Å². The van der Waals surface area contributed by atoms with Gasteiger partial charge >= 0.3 is 5.97 Å². The topological polar surface area (TPSA) is 85.2 Å². The zero-order chi connectivity index (χ0) is 22.4. The first-order chi connectivity index (χ1) is 14.9. The summed E-state index contributed by atoms with van der Waals surface area (Å²) in [5, 5.41) is 6.15. The second kappa shape index (κ2) is 10.5. The van der Waals surface area contributed by atoms with Gasteiger partial charge in [0.15, 0.2) is 5.82 Å². The van der Waals surface area contributed by atoms with Crippen molar-refractivity contribution in [3.8, 4) is 0 Å². The van der Waals surface area contributed by atoms with Crippen molar-refractivity contribution in [2.45, 2.75) is 64.1 Å². The zero-order valence-electron chi connectivity index (χ0n) is 17.8. The number of esters is 1. The van der Waals surface area contributed by atoms with E-state index in [1.165, 1.54) is 13.2 Å². The number of ether oxygens (including phenoxy) is 1. The van der Waals surface area contributed by atoms with E-state index in [0.717, 1.165) is 12.5 Å². The molecule has 0 radical (unpaired) electrons. The van der Waals surface area contributed by atoms with Gasteiger partial charge in [-0.05, 0) is 42.9 Å². The molecule has 2 aromatic rings. The Hall–Kier alpha value is -2.81. The van der Waals surface area contributed by atoms with Crippen LogP contribution >= 0.6 is 0 Å². The lowest BCUT2D eigenvalue weighted by Crippen LogP contribution is -2.48. The number of hydrogen-bond donors (Lipinski definition) is 2. The van der Waals surface area contributed by atoms with Gasteiger partial charge in [0.05, 0.1) is 25.9 Å². The second-order valence-corrected chi connectivity index (χ2v) is 7.79. The van der Waals surface area contributed by atoms with Crippen LogP contribution < -0.4 is 10.6 Å². The summed E-state index contributed by atoms with van der Waals surface area (Å²) >= 11 is 0. The highest BCUT2D eigenvalue weighted by molar-refractivity contribution is 5.94. The van der Waals surface area contributed by atoms with Gasteiger partial charge in [-0.25, -0.2) is 13.8 Å². The molecule has 0 saturated heterocycles. The van der Waals surface area contributed by atoms with Gasteiger partial charge in [-0.2, -0.15) is 0 Å². The largest absolute Gasteiger partial charge is 0.469 e. The smallest absolute Gasteiger partial charge is 0.307 e. The third kappa shape index (κ3) is 6.10. The first-order valence-corrected chi connectivity index (χ1v) is 10.5. The van der Waals surface area contributed by atoms with Gasteiger partial charge in [-0.15, -0.1) is 0 Å². The Labute approximate surface area is 180 Å². The SMILES string of the molecule is CCCC(NC1CCc2cc(F)cc(F)c2C1)C(=O)Nc1cn(CCC(=O)OC)cn1. The first kappa shape index (κ1) is 22.9. The van der Waals surface area contributed by atoms with Gasteiger partial charge in [0.1, 0.15) is 11.6 Å². The molecule has 1 aromatic heterocycles. The third-order valence-electron chi connectivity index (χ3n) is 5.48. The highest BCUT2D eigenvalue weighted by atomic mass is 19.1. The van der Waals surface area contributed by atoms with Crippen molar-refractivity contribution in [2.75, 3.05) is 12.4 Å². The van der Waals surface area contributed by atoms with Crippen LogP contribution in [0.1, 0.15) is 43.7 Å². The standard InChI is InChI=1S/C22H28F2N4O3/c1-3-4-19(22(30)27-20-12-28(13-25-20)8-7-21(29)31-2)26-16-6-5-14-9-15(23)10-18(24)17(14)11-16/h9-10,12-13,16,19,26H,3-8,11H2,1-2H3,(H,27,30). The van der Waals surface area contributed by atoms with E-state index in [4.69, 9.17) is 0 Å². The molecular formula is C22H28F2N4O3. The maximum atomic E-state index is 14.2. The van der Waals surface area contributed by atoms with E-state index < -0.39 is 17.7 Å². The van der Waals surface area contributed by atoms with Crippen molar-refractivity contribution in [2.24, 2.45) is 0 Å². The fourth-order valence-corrected chi connectivity index (χ4v) is 3.87. The number of hydrogen-bond acceptors (Lipinski definition) is 5. The maximum absolute atomic E-state index is 14.2. The monoisotopic (exact) mass is 434 g/mol. The normalized spacial score (nSPS) is 16.5. The van der Waals surface area contributed by atoms with Gasteiger partial charge in [-0.3, -0.25) is 9.59 Å². The summed E-state index contributed by atoms with van der Waals surface area (Å²) in [4.78, 5) is 28.3. The zero-order valence-corrected chi connectivity index (χ0v) is 17.8. The summed E-state index contributed by atoms with van der Waals surface area (Å²) < 4.78 is 34.0. The Balaban J connectivity index is 1.59. The molecule has 0 aliphatic heterocycles. The molecule has 0 fully saturated rings. The Morgan fingerprint density at radius 2 is 2.16 bits per heavy atom. The molecule has 2 N–H and O–H groups in total. The predicted octanol–water partition coefficient (Wildman–Crippen LogP) is 2.98. The van der Waals surface area contributed by atoms with Gasteiger partial charge in [0.2, 0.25) is 5.91 Å². The van der Waals surface area contributed by atoms with Gasteiger partial charge in [-0.1, -0.05) is 13.3 Å². The molecule has 0 saturated carbocycles. The van der Waals surface area contributed by atoms with Gasteiger partial charge in [0, 0.05) is 24.8 Å². The maximum Gasteiger partial charge on any atom is 0.307 e. The van der Waals surface area contributed by atoms with E-state index in [1.54, 1.807) is 17.1 Å². The number of imidazole rings is 1. The third-order valence-corrected chi connectivity index (χ3v) is 5.48. The number of anilines is 1. The molecule has 1 aliphatic rings. The summed E-state index contributed by atoms with van der Waals surface area (Å²) in [5.41, 5.74) is 1.22. The number of aromatic nitrogens is 2. The molecule has 0 spiro atoms. The average molecular weight is 434 g/mol. The lowest BCUT2D eigenvalue weighted by atomic mass is 9.87. The number of nitrogens with zero attached hydrogens (tertiary/aromatic N) is 2. The van der Waals surface area contributed by atoms with Crippen LogP contribution in [-0.4, -0.2) is 40.6 Å².